The Labute approximate surface area is 190 Å². The van der Waals surface area contributed by atoms with Crippen molar-refractivity contribution in [3.8, 4) is 17.2 Å². The van der Waals surface area contributed by atoms with Gasteiger partial charge in [0.2, 0.25) is 0 Å². The molecular formula is C26H33N3O3. The van der Waals surface area contributed by atoms with Crippen LogP contribution in [0.4, 0.5) is 5.69 Å². The molecule has 1 saturated heterocycles. The Kier molecular flexibility index (Phi) is 6.12. The van der Waals surface area contributed by atoms with Crippen molar-refractivity contribution in [3.63, 3.8) is 0 Å². The van der Waals surface area contributed by atoms with Crippen molar-refractivity contribution in [2.45, 2.75) is 26.2 Å². The van der Waals surface area contributed by atoms with E-state index in [1.807, 2.05) is 13.0 Å². The number of anilines is 1. The molecule has 5 rings (SSSR count). The van der Waals surface area contributed by atoms with Crippen LogP contribution in [0, 0.1) is 0 Å². The molecule has 2 aromatic carbocycles. The Balaban J connectivity index is 1.26. The van der Waals surface area contributed by atoms with E-state index in [1.165, 1.54) is 16.6 Å². The van der Waals surface area contributed by atoms with Crippen LogP contribution in [0.15, 0.2) is 42.6 Å². The Hall–Kier alpha value is -2.86. The maximum absolute atomic E-state index is 5.95. The van der Waals surface area contributed by atoms with Crippen molar-refractivity contribution in [1.29, 1.82) is 0 Å². The fourth-order valence-corrected chi connectivity index (χ4v) is 4.95. The van der Waals surface area contributed by atoms with E-state index >= 15 is 0 Å². The molecule has 2 aliphatic rings. The highest BCUT2D eigenvalue weighted by molar-refractivity contribution is 5.89. The first-order valence-corrected chi connectivity index (χ1v) is 11.9. The molecule has 6 heteroatoms. The third kappa shape index (κ3) is 4.11. The van der Waals surface area contributed by atoms with Gasteiger partial charge in [0, 0.05) is 61.6 Å². The van der Waals surface area contributed by atoms with Gasteiger partial charge in [-0.15, -0.1) is 0 Å². The molecule has 3 heterocycles. The van der Waals surface area contributed by atoms with Gasteiger partial charge in [0.15, 0.2) is 11.5 Å². The van der Waals surface area contributed by atoms with E-state index in [-0.39, 0.29) is 0 Å². The largest absolute Gasteiger partial charge is 0.493 e. The SMILES string of the molecule is CCOc1cccc2[nH]cc(C(CC)CN3CCN(c4ccc5c(c4)OCCO5)CC3)c12. The van der Waals surface area contributed by atoms with E-state index in [0.29, 0.717) is 25.7 Å². The molecular weight excluding hydrogens is 402 g/mol. The van der Waals surface area contributed by atoms with Crippen molar-refractivity contribution >= 4 is 16.6 Å². The lowest BCUT2D eigenvalue weighted by atomic mass is 9.94. The van der Waals surface area contributed by atoms with Crippen LogP contribution in [-0.2, 0) is 0 Å². The number of fused-ring (bicyclic) bond motifs is 2. The predicted molar refractivity (Wildman–Crippen MR) is 129 cm³/mol. The minimum Gasteiger partial charge on any atom is -0.493 e. The van der Waals surface area contributed by atoms with Crippen LogP contribution in [0.3, 0.4) is 0 Å². The van der Waals surface area contributed by atoms with Gasteiger partial charge < -0.3 is 24.1 Å². The molecule has 1 N–H and O–H groups in total. The summed E-state index contributed by atoms with van der Waals surface area (Å²) in [6.07, 6.45) is 3.29. The maximum atomic E-state index is 5.95. The first-order valence-electron chi connectivity index (χ1n) is 11.9. The number of aromatic nitrogens is 1. The molecule has 170 valence electrons. The summed E-state index contributed by atoms with van der Waals surface area (Å²) >= 11 is 0. The number of nitrogens with one attached hydrogen (secondary N) is 1. The van der Waals surface area contributed by atoms with Gasteiger partial charge in [-0.25, -0.2) is 0 Å². The van der Waals surface area contributed by atoms with E-state index in [4.69, 9.17) is 14.2 Å². The number of H-pyrrole nitrogens is 1. The molecule has 0 amide bonds. The minimum absolute atomic E-state index is 0.478. The lowest BCUT2D eigenvalue weighted by Crippen LogP contribution is -2.47. The highest BCUT2D eigenvalue weighted by Gasteiger charge is 2.24. The molecule has 0 aliphatic carbocycles. The van der Waals surface area contributed by atoms with Crippen LogP contribution < -0.4 is 19.1 Å². The number of rotatable bonds is 7. The molecule has 0 radical (unpaired) electrons. The number of nitrogens with zero attached hydrogens (tertiary/aromatic N) is 2. The van der Waals surface area contributed by atoms with Gasteiger partial charge in [0.1, 0.15) is 19.0 Å². The van der Waals surface area contributed by atoms with Crippen LogP contribution >= 0.6 is 0 Å². The lowest BCUT2D eigenvalue weighted by molar-refractivity contribution is 0.171. The molecule has 0 spiro atoms. The second-order valence-corrected chi connectivity index (χ2v) is 8.58. The zero-order chi connectivity index (χ0) is 21.9. The van der Waals surface area contributed by atoms with E-state index in [9.17, 15) is 0 Å². The summed E-state index contributed by atoms with van der Waals surface area (Å²) < 4.78 is 17.4. The Morgan fingerprint density at radius 3 is 2.59 bits per heavy atom. The molecule has 1 atom stereocenters. The summed E-state index contributed by atoms with van der Waals surface area (Å²) in [7, 11) is 0. The van der Waals surface area contributed by atoms with Crippen molar-refractivity contribution in [2.24, 2.45) is 0 Å². The number of piperazine rings is 1. The third-order valence-electron chi connectivity index (χ3n) is 6.67. The van der Waals surface area contributed by atoms with Gasteiger partial charge in [-0.1, -0.05) is 13.0 Å². The molecule has 2 aliphatic heterocycles. The minimum atomic E-state index is 0.478. The zero-order valence-electron chi connectivity index (χ0n) is 19.1. The number of hydrogen-bond acceptors (Lipinski definition) is 5. The molecule has 0 bridgehead atoms. The third-order valence-corrected chi connectivity index (χ3v) is 6.67. The monoisotopic (exact) mass is 435 g/mol. The van der Waals surface area contributed by atoms with E-state index in [1.54, 1.807) is 0 Å². The zero-order valence-corrected chi connectivity index (χ0v) is 19.1. The number of aromatic amines is 1. The van der Waals surface area contributed by atoms with Gasteiger partial charge >= 0.3 is 0 Å². The fraction of sp³-hybridized carbons (Fsp3) is 0.462. The van der Waals surface area contributed by atoms with Crippen molar-refractivity contribution in [2.75, 3.05) is 57.4 Å². The summed E-state index contributed by atoms with van der Waals surface area (Å²) in [4.78, 5) is 8.52. The van der Waals surface area contributed by atoms with Gasteiger partial charge in [-0.3, -0.25) is 4.90 Å². The predicted octanol–water partition coefficient (Wildman–Crippen LogP) is 4.65. The number of ether oxygens (including phenoxy) is 3. The summed E-state index contributed by atoms with van der Waals surface area (Å²) in [5.74, 6) is 3.19. The first kappa shape index (κ1) is 21.0. The smallest absolute Gasteiger partial charge is 0.163 e. The molecule has 6 nitrogen and oxygen atoms in total. The summed E-state index contributed by atoms with van der Waals surface area (Å²) in [6.45, 7) is 11.5. The second-order valence-electron chi connectivity index (χ2n) is 8.58. The van der Waals surface area contributed by atoms with Crippen molar-refractivity contribution < 1.29 is 14.2 Å². The Morgan fingerprint density at radius 1 is 1.00 bits per heavy atom. The Bertz CT molecular complexity index is 1060. The summed E-state index contributed by atoms with van der Waals surface area (Å²) in [5, 5.41) is 1.25. The van der Waals surface area contributed by atoms with Gasteiger partial charge in [-0.05, 0) is 49.1 Å². The first-order chi connectivity index (χ1) is 15.8. The van der Waals surface area contributed by atoms with Crippen LogP contribution in [0.5, 0.6) is 17.2 Å². The Morgan fingerprint density at radius 2 is 1.81 bits per heavy atom. The quantitative estimate of drug-likeness (QED) is 0.585. The molecule has 0 saturated carbocycles. The second kappa shape index (κ2) is 9.33. The maximum Gasteiger partial charge on any atom is 0.163 e. The van der Waals surface area contributed by atoms with Gasteiger partial charge in [0.25, 0.3) is 0 Å². The molecule has 1 fully saturated rings. The summed E-state index contributed by atoms with van der Waals surface area (Å²) in [6, 6.07) is 12.6. The molecule has 3 aromatic rings. The van der Waals surface area contributed by atoms with E-state index < -0.39 is 0 Å². The lowest BCUT2D eigenvalue weighted by Gasteiger charge is -2.38. The molecule has 1 aromatic heterocycles. The van der Waals surface area contributed by atoms with Crippen molar-refractivity contribution in [1.82, 2.24) is 9.88 Å². The van der Waals surface area contributed by atoms with Crippen LogP contribution in [0.2, 0.25) is 0 Å². The number of hydrogen-bond donors (Lipinski definition) is 1. The average Bonchev–Trinajstić information content (AvgIpc) is 3.28. The summed E-state index contributed by atoms with van der Waals surface area (Å²) in [5.41, 5.74) is 3.76. The molecule has 1 unspecified atom stereocenters. The van der Waals surface area contributed by atoms with Crippen LogP contribution in [0.1, 0.15) is 31.7 Å². The topological polar surface area (TPSA) is 50.0 Å². The molecule has 32 heavy (non-hydrogen) atoms. The van der Waals surface area contributed by atoms with Gasteiger partial charge in [-0.2, -0.15) is 0 Å². The van der Waals surface area contributed by atoms with E-state index in [2.05, 4.69) is 58.2 Å². The van der Waals surface area contributed by atoms with Crippen molar-refractivity contribution in [3.05, 3.63) is 48.2 Å². The average molecular weight is 436 g/mol. The highest BCUT2D eigenvalue weighted by atomic mass is 16.6. The van der Waals surface area contributed by atoms with Crippen LogP contribution in [0.25, 0.3) is 10.9 Å². The van der Waals surface area contributed by atoms with Crippen LogP contribution in [-0.4, -0.2) is 62.4 Å². The van der Waals surface area contributed by atoms with E-state index in [0.717, 1.165) is 61.9 Å². The van der Waals surface area contributed by atoms with Gasteiger partial charge in [0.05, 0.1) is 6.61 Å². The fourth-order valence-electron chi connectivity index (χ4n) is 4.95. The normalized spacial score (nSPS) is 17.5. The number of benzene rings is 2. The standard InChI is InChI=1S/C26H33N3O3/c1-3-19(21-17-27-22-6-5-7-24(26(21)22)30-4-2)18-28-10-12-29(13-11-28)20-8-9-23-25(16-20)32-15-14-31-23/h5-9,16-17,19,27H,3-4,10-15,18H2,1-2H3. The highest BCUT2D eigenvalue weighted by Crippen LogP contribution is 2.36.